The second-order valence-corrected chi connectivity index (χ2v) is 9.99. The SMILES string of the molecule is CN(C)c1nccnc1-c1ccc2nc(Nc3cc(CN4CCN(C(=O)C5CC5)CC4)ccn3)[nH]c2c1. The highest BCUT2D eigenvalue weighted by atomic mass is 16.2. The Bertz CT molecular complexity index is 1420. The smallest absolute Gasteiger partial charge is 0.225 e. The summed E-state index contributed by atoms with van der Waals surface area (Å²) in [7, 11) is 3.92. The number of H-pyrrole nitrogens is 1. The van der Waals surface area contributed by atoms with Crippen LogP contribution in [0.2, 0.25) is 0 Å². The van der Waals surface area contributed by atoms with Crippen molar-refractivity contribution in [3.63, 3.8) is 0 Å². The van der Waals surface area contributed by atoms with E-state index in [4.69, 9.17) is 0 Å². The van der Waals surface area contributed by atoms with E-state index in [0.717, 1.165) is 79.5 Å². The van der Waals surface area contributed by atoms with E-state index in [1.165, 1.54) is 5.56 Å². The summed E-state index contributed by atoms with van der Waals surface area (Å²) in [5.41, 5.74) is 4.74. The van der Waals surface area contributed by atoms with Gasteiger partial charge in [0, 0.05) is 76.9 Å². The van der Waals surface area contributed by atoms with Crippen LogP contribution < -0.4 is 10.2 Å². The van der Waals surface area contributed by atoms with E-state index in [-0.39, 0.29) is 0 Å². The molecule has 3 aromatic heterocycles. The number of nitrogens with zero attached hydrogens (tertiary/aromatic N) is 7. The zero-order valence-corrected chi connectivity index (χ0v) is 21.2. The third-order valence-electron chi connectivity index (χ3n) is 6.95. The molecule has 1 amide bonds. The maximum atomic E-state index is 12.3. The van der Waals surface area contributed by atoms with Crippen LogP contribution in [-0.4, -0.2) is 80.9 Å². The van der Waals surface area contributed by atoms with Gasteiger partial charge in [-0.1, -0.05) is 6.07 Å². The lowest BCUT2D eigenvalue weighted by Crippen LogP contribution is -2.48. The number of aromatic nitrogens is 5. The predicted molar refractivity (Wildman–Crippen MR) is 144 cm³/mol. The summed E-state index contributed by atoms with van der Waals surface area (Å²) in [6, 6.07) is 10.1. The number of hydrogen-bond acceptors (Lipinski definition) is 8. The number of rotatable bonds is 7. The molecule has 0 radical (unpaired) electrons. The summed E-state index contributed by atoms with van der Waals surface area (Å²) in [6.07, 6.45) is 7.36. The summed E-state index contributed by atoms with van der Waals surface area (Å²) in [4.78, 5) is 40.2. The Labute approximate surface area is 215 Å². The van der Waals surface area contributed by atoms with Gasteiger partial charge in [0.15, 0.2) is 5.82 Å². The van der Waals surface area contributed by atoms with E-state index < -0.39 is 0 Å². The second kappa shape index (κ2) is 9.78. The van der Waals surface area contributed by atoms with E-state index in [2.05, 4.69) is 41.2 Å². The molecule has 10 heteroatoms. The minimum absolute atomic E-state index is 0.299. The van der Waals surface area contributed by atoms with Gasteiger partial charge >= 0.3 is 0 Å². The van der Waals surface area contributed by atoms with Gasteiger partial charge in [0.05, 0.1) is 11.0 Å². The number of pyridine rings is 1. The Balaban J connectivity index is 1.13. The fraction of sp³-hybridized carbons (Fsp3) is 0.370. The van der Waals surface area contributed by atoms with Gasteiger partial charge in [-0.05, 0) is 42.7 Å². The molecule has 6 rings (SSSR count). The lowest BCUT2D eigenvalue weighted by molar-refractivity contribution is -0.134. The van der Waals surface area contributed by atoms with Gasteiger partial charge in [-0.3, -0.25) is 14.7 Å². The van der Waals surface area contributed by atoms with Gasteiger partial charge in [0.25, 0.3) is 0 Å². The van der Waals surface area contributed by atoms with Crippen LogP contribution in [0.15, 0.2) is 48.9 Å². The summed E-state index contributed by atoms with van der Waals surface area (Å²) < 4.78 is 0. The van der Waals surface area contributed by atoms with Crippen molar-refractivity contribution < 1.29 is 4.79 Å². The van der Waals surface area contributed by atoms with Crippen molar-refractivity contribution in [2.45, 2.75) is 19.4 Å². The lowest BCUT2D eigenvalue weighted by Gasteiger charge is -2.34. The number of fused-ring (bicyclic) bond motifs is 1. The van der Waals surface area contributed by atoms with Crippen LogP contribution in [-0.2, 0) is 11.3 Å². The highest BCUT2D eigenvalue weighted by Gasteiger charge is 2.34. The number of hydrogen-bond donors (Lipinski definition) is 2. The van der Waals surface area contributed by atoms with Gasteiger partial charge in [-0.25, -0.2) is 15.0 Å². The molecule has 1 aromatic carbocycles. The molecule has 2 aliphatic rings. The van der Waals surface area contributed by atoms with Gasteiger partial charge in [-0.2, -0.15) is 0 Å². The minimum atomic E-state index is 0.299. The second-order valence-electron chi connectivity index (χ2n) is 9.99. The van der Waals surface area contributed by atoms with Crippen LogP contribution in [0, 0.1) is 5.92 Å². The van der Waals surface area contributed by atoms with Crippen molar-refractivity contribution in [1.82, 2.24) is 34.7 Å². The molecule has 0 unspecified atom stereocenters. The third kappa shape index (κ3) is 5.10. The zero-order chi connectivity index (χ0) is 25.4. The summed E-state index contributed by atoms with van der Waals surface area (Å²) in [5, 5.41) is 3.32. The summed E-state index contributed by atoms with van der Waals surface area (Å²) in [5.74, 6) is 2.84. The van der Waals surface area contributed by atoms with Crippen molar-refractivity contribution in [1.29, 1.82) is 0 Å². The molecule has 10 nitrogen and oxygen atoms in total. The fourth-order valence-electron chi connectivity index (χ4n) is 4.81. The average Bonchev–Trinajstić information content (AvgIpc) is 3.68. The van der Waals surface area contributed by atoms with Crippen molar-refractivity contribution in [3.8, 4) is 11.3 Å². The van der Waals surface area contributed by atoms with Crippen molar-refractivity contribution in [3.05, 3.63) is 54.5 Å². The third-order valence-corrected chi connectivity index (χ3v) is 6.95. The number of carbonyl (C=O) groups is 1. The molecular formula is C27H31N9O. The number of aromatic amines is 1. The maximum absolute atomic E-state index is 12.3. The summed E-state index contributed by atoms with van der Waals surface area (Å²) in [6.45, 7) is 4.26. The number of carbonyl (C=O) groups excluding carboxylic acids is 1. The first-order chi connectivity index (χ1) is 18.0. The quantitative estimate of drug-likeness (QED) is 0.401. The number of anilines is 3. The molecule has 37 heavy (non-hydrogen) atoms. The molecule has 2 N–H and O–H groups in total. The standard InChI is InChI=1S/C27H31N9O/c1-34(2)25-24(29-9-10-30-25)20-5-6-21-22(16-20)32-27(31-21)33-23-15-18(7-8-28-23)17-35-11-13-36(14-12-35)26(37)19-3-4-19/h5-10,15-16,19H,3-4,11-14,17H2,1-2H3,(H2,28,31,32,33). The normalized spacial score (nSPS) is 16.2. The molecule has 1 aliphatic heterocycles. The Morgan fingerprint density at radius 2 is 1.84 bits per heavy atom. The van der Waals surface area contributed by atoms with E-state index in [1.807, 2.05) is 54.4 Å². The Morgan fingerprint density at radius 1 is 1.03 bits per heavy atom. The first-order valence-corrected chi connectivity index (χ1v) is 12.7. The molecule has 1 saturated carbocycles. The first-order valence-electron chi connectivity index (χ1n) is 12.7. The topological polar surface area (TPSA) is 106 Å². The molecule has 2 fully saturated rings. The Morgan fingerprint density at radius 3 is 2.62 bits per heavy atom. The first kappa shape index (κ1) is 23.4. The predicted octanol–water partition coefficient (Wildman–Crippen LogP) is 3.28. The minimum Gasteiger partial charge on any atom is -0.361 e. The number of nitrogens with one attached hydrogen (secondary N) is 2. The lowest BCUT2D eigenvalue weighted by atomic mass is 10.1. The van der Waals surface area contributed by atoms with Gasteiger partial charge in [-0.15, -0.1) is 0 Å². The largest absolute Gasteiger partial charge is 0.361 e. The number of benzene rings is 1. The van der Waals surface area contributed by atoms with E-state index in [0.29, 0.717) is 17.8 Å². The van der Waals surface area contributed by atoms with E-state index >= 15 is 0 Å². The highest BCUT2D eigenvalue weighted by molar-refractivity contribution is 5.85. The monoisotopic (exact) mass is 497 g/mol. The highest BCUT2D eigenvalue weighted by Crippen LogP contribution is 2.31. The molecule has 1 aliphatic carbocycles. The van der Waals surface area contributed by atoms with Crippen molar-refractivity contribution >= 4 is 34.5 Å². The van der Waals surface area contributed by atoms with Gasteiger partial charge in [0.2, 0.25) is 11.9 Å². The number of amides is 1. The van der Waals surface area contributed by atoms with Crippen LogP contribution in [0.3, 0.4) is 0 Å². The molecular weight excluding hydrogens is 466 g/mol. The Hall–Kier alpha value is -4.05. The number of imidazole rings is 1. The summed E-state index contributed by atoms with van der Waals surface area (Å²) >= 11 is 0. The van der Waals surface area contributed by atoms with Gasteiger partial charge in [0.1, 0.15) is 11.5 Å². The van der Waals surface area contributed by atoms with Crippen molar-refractivity contribution in [2.75, 3.05) is 50.5 Å². The van der Waals surface area contributed by atoms with Crippen LogP contribution in [0.4, 0.5) is 17.6 Å². The van der Waals surface area contributed by atoms with E-state index in [9.17, 15) is 4.79 Å². The van der Waals surface area contributed by atoms with Gasteiger partial charge < -0.3 is 20.1 Å². The van der Waals surface area contributed by atoms with Crippen LogP contribution in [0.5, 0.6) is 0 Å². The fourth-order valence-corrected chi connectivity index (χ4v) is 4.81. The Kier molecular flexibility index (Phi) is 6.17. The molecule has 1 saturated heterocycles. The molecule has 190 valence electrons. The average molecular weight is 498 g/mol. The molecule has 4 aromatic rings. The molecule has 4 heterocycles. The number of piperazine rings is 1. The molecule has 0 bridgehead atoms. The van der Waals surface area contributed by atoms with Crippen LogP contribution in [0.25, 0.3) is 22.3 Å². The maximum Gasteiger partial charge on any atom is 0.225 e. The molecule has 0 spiro atoms. The van der Waals surface area contributed by atoms with Crippen LogP contribution in [0.1, 0.15) is 18.4 Å². The van der Waals surface area contributed by atoms with Crippen molar-refractivity contribution in [2.24, 2.45) is 5.92 Å². The van der Waals surface area contributed by atoms with E-state index in [1.54, 1.807) is 12.4 Å². The zero-order valence-electron chi connectivity index (χ0n) is 21.2. The van der Waals surface area contributed by atoms with Crippen LogP contribution >= 0.6 is 0 Å². The molecule has 0 atom stereocenters.